The van der Waals surface area contributed by atoms with Crippen LogP contribution in [0.5, 0.6) is 5.75 Å². The molecule has 0 fully saturated rings. The summed E-state index contributed by atoms with van der Waals surface area (Å²) in [6.07, 6.45) is 5.74. The van der Waals surface area contributed by atoms with E-state index < -0.39 is 0 Å². The van der Waals surface area contributed by atoms with Gasteiger partial charge in [-0.3, -0.25) is 9.59 Å². The molecule has 1 aliphatic carbocycles. The van der Waals surface area contributed by atoms with Crippen molar-refractivity contribution in [2.75, 3.05) is 11.9 Å². The fourth-order valence-corrected chi connectivity index (χ4v) is 7.60. The molecule has 4 aromatic rings. The molecule has 212 valence electrons. The molecule has 2 aromatic carbocycles. The highest BCUT2D eigenvalue weighted by atomic mass is 79.9. The number of anilines is 1. The number of nitrogens with one attached hydrogen (secondary N) is 2. The van der Waals surface area contributed by atoms with Crippen LogP contribution in [-0.2, 0) is 17.6 Å². The van der Waals surface area contributed by atoms with Crippen molar-refractivity contribution in [1.82, 2.24) is 9.99 Å². The van der Waals surface area contributed by atoms with Gasteiger partial charge >= 0.3 is 0 Å². The standard InChI is InChI=1S/C31H30Br2N4O3S/c1-18-8-11-23(12-9-18)35-30(39)29-24-6-4-5-7-27(24)41-31(29)37-19(2)14-21(20(37)3)16-34-36-28(38)17-40-26-13-10-22(32)15-25(26)33/h8-16H,4-7,17H2,1-3H3,(H,35,39)(H,36,38)/b34-16+. The minimum Gasteiger partial charge on any atom is -0.483 e. The summed E-state index contributed by atoms with van der Waals surface area (Å²) in [6, 6.07) is 15.3. The van der Waals surface area contributed by atoms with Gasteiger partial charge in [-0.2, -0.15) is 5.10 Å². The molecule has 0 bridgehead atoms. The van der Waals surface area contributed by atoms with Crippen LogP contribution >= 0.6 is 43.2 Å². The molecule has 0 radical (unpaired) electrons. The van der Waals surface area contributed by atoms with Gasteiger partial charge in [-0.05, 0) is 104 Å². The highest BCUT2D eigenvalue weighted by Crippen LogP contribution is 2.39. The molecule has 0 unspecified atom stereocenters. The van der Waals surface area contributed by atoms with Crippen LogP contribution in [0.4, 0.5) is 5.69 Å². The molecule has 7 nitrogen and oxygen atoms in total. The summed E-state index contributed by atoms with van der Waals surface area (Å²) in [5, 5.41) is 8.21. The number of hydrazone groups is 1. The maximum absolute atomic E-state index is 13.7. The second-order valence-electron chi connectivity index (χ2n) is 10.0. The highest BCUT2D eigenvalue weighted by Gasteiger charge is 2.28. The van der Waals surface area contributed by atoms with E-state index in [0.29, 0.717) is 5.75 Å². The van der Waals surface area contributed by atoms with Gasteiger partial charge in [-0.1, -0.05) is 33.6 Å². The summed E-state index contributed by atoms with van der Waals surface area (Å²) in [4.78, 5) is 27.3. The lowest BCUT2D eigenvalue weighted by atomic mass is 9.95. The zero-order chi connectivity index (χ0) is 29.1. The van der Waals surface area contributed by atoms with Crippen LogP contribution in [0, 0.1) is 20.8 Å². The molecule has 2 N–H and O–H groups in total. The van der Waals surface area contributed by atoms with Crippen LogP contribution < -0.4 is 15.5 Å². The number of aromatic nitrogens is 1. The molecule has 0 aliphatic heterocycles. The Hall–Kier alpha value is -3.21. The lowest BCUT2D eigenvalue weighted by molar-refractivity contribution is -0.123. The van der Waals surface area contributed by atoms with E-state index >= 15 is 0 Å². The van der Waals surface area contributed by atoms with Gasteiger partial charge in [-0.25, -0.2) is 5.43 Å². The molecule has 2 aromatic heterocycles. The van der Waals surface area contributed by atoms with Crippen molar-refractivity contribution in [1.29, 1.82) is 0 Å². The van der Waals surface area contributed by atoms with Crippen molar-refractivity contribution in [2.45, 2.75) is 46.5 Å². The third-order valence-corrected chi connectivity index (χ3v) is 9.40. The number of aryl methyl sites for hydroxylation is 3. The Kier molecular flexibility index (Phi) is 9.11. The maximum atomic E-state index is 13.7. The third kappa shape index (κ3) is 6.66. The van der Waals surface area contributed by atoms with Crippen LogP contribution in [-0.4, -0.2) is 29.2 Å². The Bertz CT molecular complexity index is 1640. The quantitative estimate of drug-likeness (QED) is 0.147. The number of hydrogen-bond donors (Lipinski definition) is 2. The molecule has 0 atom stereocenters. The van der Waals surface area contributed by atoms with Gasteiger partial charge in [0.15, 0.2) is 6.61 Å². The zero-order valence-corrected chi connectivity index (χ0v) is 27.0. The summed E-state index contributed by atoms with van der Waals surface area (Å²) < 4.78 is 9.38. The normalized spacial score (nSPS) is 12.8. The first-order chi connectivity index (χ1) is 19.7. The first-order valence-corrected chi connectivity index (χ1v) is 15.7. The van der Waals surface area contributed by atoms with Gasteiger partial charge in [-0.15, -0.1) is 11.3 Å². The minimum atomic E-state index is -0.370. The predicted molar refractivity (Wildman–Crippen MR) is 172 cm³/mol. The number of thiophene rings is 1. The first kappa shape index (κ1) is 29.3. The molecule has 0 spiro atoms. The number of benzene rings is 2. The number of hydrogen-bond acceptors (Lipinski definition) is 5. The van der Waals surface area contributed by atoms with Gasteiger partial charge < -0.3 is 14.6 Å². The molecular formula is C31H30Br2N4O3S. The summed E-state index contributed by atoms with van der Waals surface area (Å²) in [6.45, 7) is 5.88. The number of rotatable bonds is 8. The average molecular weight is 698 g/mol. The Balaban J connectivity index is 1.35. The Labute approximate surface area is 260 Å². The molecule has 5 rings (SSSR count). The van der Waals surface area contributed by atoms with E-state index in [1.807, 2.05) is 63.2 Å². The number of ether oxygens (including phenoxy) is 1. The summed E-state index contributed by atoms with van der Waals surface area (Å²) in [5.74, 6) is 0.109. The lowest BCUT2D eigenvalue weighted by Gasteiger charge is -2.14. The zero-order valence-electron chi connectivity index (χ0n) is 23.0. The van der Waals surface area contributed by atoms with Crippen molar-refractivity contribution < 1.29 is 14.3 Å². The van der Waals surface area contributed by atoms with E-state index in [1.54, 1.807) is 23.6 Å². The van der Waals surface area contributed by atoms with Crippen LogP contribution in [0.1, 0.15) is 56.2 Å². The summed E-state index contributed by atoms with van der Waals surface area (Å²) >= 11 is 8.52. The molecule has 0 saturated carbocycles. The first-order valence-electron chi connectivity index (χ1n) is 13.3. The number of carbonyl (C=O) groups is 2. The van der Waals surface area contributed by atoms with E-state index in [-0.39, 0.29) is 18.4 Å². The topological polar surface area (TPSA) is 84.7 Å². The second-order valence-corrected chi connectivity index (χ2v) is 12.9. The van der Waals surface area contributed by atoms with E-state index in [0.717, 1.165) is 79.0 Å². The van der Waals surface area contributed by atoms with Crippen molar-refractivity contribution >= 4 is 66.9 Å². The maximum Gasteiger partial charge on any atom is 0.277 e. The Morgan fingerprint density at radius 1 is 1.05 bits per heavy atom. The van der Waals surface area contributed by atoms with Gasteiger partial charge in [0, 0.05) is 32.0 Å². The van der Waals surface area contributed by atoms with Crippen molar-refractivity contribution in [3.63, 3.8) is 0 Å². The minimum absolute atomic E-state index is 0.0874. The molecule has 1 aliphatic rings. The van der Waals surface area contributed by atoms with Gasteiger partial charge in [0.25, 0.3) is 11.8 Å². The van der Waals surface area contributed by atoms with E-state index in [2.05, 4.69) is 52.3 Å². The largest absolute Gasteiger partial charge is 0.483 e. The Morgan fingerprint density at radius 3 is 2.56 bits per heavy atom. The lowest BCUT2D eigenvalue weighted by Crippen LogP contribution is -2.24. The van der Waals surface area contributed by atoms with Crippen LogP contribution in [0.15, 0.2) is 62.6 Å². The van der Waals surface area contributed by atoms with Crippen LogP contribution in [0.2, 0.25) is 0 Å². The predicted octanol–water partition coefficient (Wildman–Crippen LogP) is 7.65. The molecule has 0 saturated heterocycles. The number of nitrogens with zero attached hydrogens (tertiary/aromatic N) is 2. The fraction of sp³-hybridized carbons (Fsp3) is 0.258. The second kappa shape index (κ2) is 12.8. The average Bonchev–Trinajstić information content (AvgIpc) is 3.45. The van der Waals surface area contributed by atoms with E-state index in [4.69, 9.17) is 4.74 Å². The summed E-state index contributed by atoms with van der Waals surface area (Å²) in [5.41, 5.74) is 9.16. The number of fused-ring (bicyclic) bond motifs is 1. The highest BCUT2D eigenvalue weighted by molar-refractivity contribution is 9.11. The van der Waals surface area contributed by atoms with Crippen LogP contribution in [0.25, 0.3) is 5.00 Å². The number of amides is 2. The number of carbonyl (C=O) groups excluding carboxylic acids is 2. The third-order valence-electron chi connectivity index (χ3n) is 7.01. The Morgan fingerprint density at radius 2 is 1.80 bits per heavy atom. The molecule has 2 heterocycles. The molecule has 10 heteroatoms. The van der Waals surface area contributed by atoms with Gasteiger partial charge in [0.2, 0.25) is 0 Å². The van der Waals surface area contributed by atoms with Gasteiger partial charge in [0.05, 0.1) is 16.3 Å². The SMILES string of the molecule is Cc1ccc(NC(=O)c2c(-n3c(C)cc(/C=N/NC(=O)COc4ccc(Br)cc4Br)c3C)sc3c2CCCC3)cc1. The monoisotopic (exact) mass is 696 g/mol. The molecule has 2 amide bonds. The molecule has 41 heavy (non-hydrogen) atoms. The van der Waals surface area contributed by atoms with Crippen molar-refractivity contribution in [3.05, 3.63) is 96.0 Å². The fourth-order valence-electron chi connectivity index (χ4n) is 4.95. The van der Waals surface area contributed by atoms with Crippen molar-refractivity contribution in [2.24, 2.45) is 5.10 Å². The summed E-state index contributed by atoms with van der Waals surface area (Å²) in [7, 11) is 0. The van der Waals surface area contributed by atoms with Gasteiger partial charge in [0.1, 0.15) is 10.8 Å². The molecular weight excluding hydrogens is 668 g/mol. The van der Waals surface area contributed by atoms with E-state index in [9.17, 15) is 9.59 Å². The number of halogens is 2. The van der Waals surface area contributed by atoms with Crippen LogP contribution in [0.3, 0.4) is 0 Å². The van der Waals surface area contributed by atoms with E-state index in [1.165, 1.54) is 4.88 Å². The van der Waals surface area contributed by atoms with Crippen molar-refractivity contribution in [3.8, 4) is 10.8 Å². The smallest absolute Gasteiger partial charge is 0.277 e.